The average molecular weight is 305 g/mol. The Morgan fingerprint density at radius 2 is 1.89 bits per heavy atom. The quantitative estimate of drug-likeness (QED) is 0.862. The first-order valence-corrected chi connectivity index (χ1v) is 6.72. The Hall–Kier alpha value is -1.32. The third kappa shape index (κ3) is 2.16. The second-order valence-corrected chi connectivity index (χ2v) is 5.37. The van der Waals surface area contributed by atoms with Crippen LogP contribution in [0.1, 0.15) is 29.8 Å². The van der Waals surface area contributed by atoms with Crippen LogP contribution in [0.4, 0.5) is 0 Å². The van der Waals surface area contributed by atoms with E-state index in [1.807, 2.05) is 48.5 Å². The van der Waals surface area contributed by atoms with E-state index in [-0.39, 0.29) is 6.10 Å². The molecule has 0 amide bonds. The summed E-state index contributed by atoms with van der Waals surface area (Å²) >= 11 is 3.42. The molecule has 2 nitrogen and oxygen atoms in total. The summed E-state index contributed by atoms with van der Waals surface area (Å²) in [4.78, 5) is 0. The molecule has 0 aliphatic carbocycles. The second-order valence-electron chi connectivity index (χ2n) is 4.45. The molecule has 18 heavy (non-hydrogen) atoms. The van der Waals surface area contributed by atoms with Crippen LogP contribution < -0.4 is 4.74 Å². The van der Waals surface area contributed by atoms with Crippen LogP contribution in [-0.4, -0.2) is 5.11 Å². The third-order valence-electron chi connectivity index (χ3n) is 3.21. The molecule has 0 unspecified atom stereocenters. The Balaban J connectivity index is 1.96. The zero-order valence-electron chi connectivity index (χ0n) is 9.71. The van der Waals surface area contributed by atoms with E-state index in [0.717, 1.165) is 21.3 Å². The van der Waals surface area contributed by atoms with E-state index in [1.54, 1.807) is 0 Å². The van der Waals surface area contributed by atoms with Gasteiger partial charge in [0.15, 0.2) is 0 Å². The molecule has 0 saturated carbocycles. The lowest BCUT2D eigenvalue weighted by molar-refractivity contribution is 0.0657. The summed E-state index contributed by atoms with van der Waals surface area (Å²) in [7, 11) is 0. The maximum Gasteiger partial charge on any atom is 0.127 e. The SMILES string of the molecule is O[C@@H]1C[C@@H](c2ccccc2)Oc2cc(Br)ccc21. The normalized spacial score (nSPS) is 22.1. The van der Waals surface area contributed by atoms with Gasteiger partial charge >= 0.3 is 0 Å². The number of aliphatic hydroxyl groups is 1. The number of benzene rings is 2. The molecular weight excluding hydrogens is 292 g/mol. The van der Waals surface area contributed by atoms with E-state index in [4.69, 9.17) is 4.74 Å². The molecule has 0 fully saturated rings. The Morgan fingerprint density at radius 3 is 2.67 bits per heavy atom. The molecule has 2 aromatic rings. The molecule has 1 aliphatic heterocycles. The highest BCUT2D eigenvalue weighted by Crippen LogP contribution is 2.41. The van der Waals surface area contributed by atoms with E-state index < -0.39 is 6.10 Å². The predicted molar refractivity (Wildman–Crippen MR) is 73.5 cm³/mol. The molecule has 1 N–H and O–H groups in total. The van der Waals surface area contributed by atoms with E-state index in [9.17, 15) is 5.11 Å². The first-order valence-electron chi connectivity index (χ1n) is 5.93. The van der Waals surface area contributed by atoms with Crippen LogP contribution in [0, 0.1) is 0 Å². The minimum Gasteiger partial charge on any atom is -0.485 e. The molecule has 92 valence electrons. The molecule has 0 radical (unpaired) electrons. The van der Waals surface area contributed by atoms with Gasteiger partial charge in [0.25, 0.3) is 0 Å². The van der Waals surface area contributed by atoms with Crippen molar-refractivity contribution in [3.63, 3.8) is 0 Å². The van der Waals surface area contributed by atoms with Crippen molar-refractivity contribution in [3.05, 3.63) is 64.1 Å². The summed E-state index contributed by atoms with van der Waals surface area (Å²) in [5.41, 5.74) is 1.97. The van der Waals surface area contributed by atoms with Gasteiger partial charge in [-0.25, -0.2) is 0 Å². The van der Waals surface area contributed by atoms with Crippen molar-refractivity contribution in [1.82, 2.24) is 0 Å². The van der Waals surface area contributed by atoms with Crippen molar-refractivity contribution in [2.45, 2.75) is 18.6 Å². The predicted octanol–water partition coefficient (Wildman–Crippen LogP) is 4.01. The van der Waals surface area contributed by atoms with Gasteiger partial charge in [-0.3, -0.25) is 0 Å². The summed E-state index contributed by atoms with van der Waals surface area (Å²) in [6.45, 7) is 0. The van der Waals surface area contributed by atoms with Gasteiger partial charge in [0.2, 0.25) is 0 Å². The molecule has 2 atom stereocenters. The van der Waals surface area contributed by atoms with Gasteiger partial charge in [0.05, 0.1) is 6.10 Å². The fourth-order valence-corrected chi connectivity index (χ4v) is 2.63. The number of aliphatic hydroxyl groups excluding tert-OH is 1. The lowest BCUT2D eigenvalue weighted by atomic mass is 9.95. The third-order valence-corrected chi connectivity index (χ3v) is 3.71. The number of ether oxygens (including phenoxy) is 1. The van der Waals surface area contributed by atoms with Crippen LogP contribution in [-0.2, 0) is 0 Å². The molecule has 0 aromatic heterocycles. The summed E-state index contributed by atoms with van der Waals surface area (Å²) < 4.78 is 6.94. The maximum absolute atomic E-state index is 10.2. The molecule has 0 saturated heterocycles. The number of hydrogen-bond donors (Lipinski definition) is 1. The number of halogens is 1. The Bertz CT molecular complexity index is 554. The number of fused-ring (bicyclic) bond motifs is 1. The number of rotatable bonds is 1. The monoisotopic (exact) mass is 304 g/mol. The fraction of sp³-hybridized carbons (Fsp3) is 0.200. The average Bonchev–Trinajstić information content (AvgIpc) is 2.39. The summed E-state index contributed by atoms with van der Waals surface area (Å²) in [5.74, 6) is 0.761. The van der Waals surface area contributed by atoms with Crippen molar-refractivity contribution in [2.75, 3.05) is 0 Å². The fourth-order valence-electron chi connectivity index (χ4n) is 2.29. The van der Waals surface area contributed by atoms with Crippen LogP contribution >= 0.6 is 15.9 Å². The molecule has 3 heteroatoms. The highest BCUT2D eigenvalue weighted by molar-refractivity contribution is 9.10. The van der Waals surface area contributed by atoms with Crippen LogP contribution in [0.3, 0.4) is 0 Å². The number of hydrogen-bond acceptors (Lipinski definition) is 2. The van der Waals surface area contributed by atoms with Gasteiger partial charge in [0, 0.05) is 16.5 Å². The first-order chi connectivity index (χ1) is 8.74. The molecule has 0 spiro atoms. The van der Waals surface area contributed by atoms with Crippen molar-refractivity contribution in [2.24, 2.45) is 0 Å². The van der Waals surface area contributed by atoms with Gasteiger partial charge in [-0.1, -0.05) is 52.3 Å². The topological polar surface area (TPSA) is 29.5 Å². The van der Waals surface area contributed by atoms with Gasteiger partial charge in [-0.2, -0.15) is 0 Å². The van der Waals surface area contributed by atoms with Crippen molar-refractivity contribution in [1.29, 1.82) is 0 Å². The van der Waals surface area contributed by atoms with Gasteiger partial charge < -0.3 is 9.84 Å². The lowest BCUT2D eigenvalue weighted by Crippen LogP contribution is -2.18. The molecule has 0 bridgehead atoms. The van der Waals surface area contributed by atoms with E-state index >= 15 is 0 Å². The van der Waals surface area contributed by atoms with Crippen LogP contribution in [0.15, 0.2) is 53.0 Å². The Labute approximate surface area is 114 Å². The molecular formula is C15H13BrO2. The van der Waals surface area contributed by atoms with Gasteiger partial charge in [-0.15, -0.1) is 0 Å². The zero-order chi connectivity index (χ0) is 12.5. The van der Waals surface area contributed by atoms with Crippen molar-refractivity contribution < 1.29 is 9.84 Å². The van der Waals surface area contributed by atoms with Crippen molar-refractivity contribution in [3.8, 4) is 5.75 Å². The largest absolute Gasteiger partial charge is 0.485 e. The summed E-state index contributed by atoms with van der Waals surface area (Å²) in [6.07, 6.45) is 0.0496. The summed E-state index contributed by atoms with van der Waals surface area (Å²) in [5, 5.41) is 10.2. The minimum absolute atomic E-state index is 0.0806. The molecule has 1 heterocycles. The maximum atomic E-state index is 10.2. The molecule has 2 aromatic carbocycles. The van der Waals surface area contributed by atoms with Gasteiger partial charge in [-0.05, 0) is 17.7 Å². The molecule has 1 aliphatic rings. The van der Waals surface area contributed by atoms with Gasteiger partial charge in [0.1, 0.15) is 11.9 Å². The Kier molecular flexibility index (Phi) is 3.10. The minimum atomic E-state index is -0.466. The van der Waals surface area contributed by atoms with E-state index in [0.29, 0.717) is 6.42 Å². The standard InChI is InChI=1S/C15H13BrO2/c16-11-6-7-12-13(17)9-14(18-15(12)8-11)10-4-2-1-3-5-10/h1-8,13-14,17H,9H2/t13-,14+/m1/s1. The summed E-state index contributed by atoms with van der Waals surface area (Å²) in [6, 6.07) is 15.8. The lowest BCUT2D eigenvalue weighted by Gasteiger charge is -2.30. The van der Waals surface area contributed by atoms with E-state index in [2.05, 4.69) is 15.9 Å². The second kappa shape index (κ2) is 4.75. The van der Waals surface area contributed by atoms with Crippen molar-refractivity contribution >= 4 is 15.9 Å². The van der Waals surface area contributed by atoms with E-state index in [1.165, 1.54) is 0 Å². The highest BCUT2D eigenvalue weighted by atomic mass is 79.9. The van der Waals surface area contributed by atoms with Crippen LogP contribution in [0.2, 0.25) is 0 Å². The van der Waals surface area contributed by atoms with Crippen LogP contribution in [0.25, 0.3) is 0 Å². The Morgan fingerprint density at radius 1 is 1.11 bits per heavy atom. The first kappa shape index (κ1) is 11.8. The van der Waals surface area contributed by atoms with Crippen LogP contribution in [0.5, 0.6) is 5.75 Å². The zero-order valence-corrected chi connectivity index (χ0v) is 11.3. The molecule has 3 rings (SSSR count). The smallest absolute Gasteiger partial charge is 0.127 e. The highest BCUT2D eigenvalue weighted by Gasteiger charge is 2.27.